The van der Waals surface area contributed by atoms with Crippen LogP contribution in [0.4, 0.5) is 11.4 Å². The molecule has 0 radical (unpaired) electrons. The van der Waals surface area contributed by atoms with Crippen molar-refractivity contribution in [2.24, 2.45) is 0 Å². The molecule has 0 saturated carbocycles. The third-order valence-corrected chi connectivity index (χ3v) is 3.22. The summed E-state index contributed by atoms with van der Waals surface area (Å²) < 4.78 is 4.59. The fraction of sp³-hybridized carbons (Fsp3) is 0.214. The van der Waals surface area contributed by atoms with Gasteiger partial charge in [0, 0.05) is 18.2 Å². The maximum Gasteiger partial charge on any atom is 0.339 e. The summed E-state index contributed by atoms with van der Waals surface area (Å²) in [7, 11) is 1.14. The van der Waals surface area contributed by atoms with Crippen LogP contribution in [0.25, 0.3) is 0 Å². The Kier molecular flexibility index (Phi) is 4.90. The van der Waals surface area contributed by atoms with Gasteiger partial charge in [0.05, 0.1) is 36.4 Å². The predicted octanol–water partition coefficient (Wildman–Crippen LogP) is 0.0383. The number of carbonyl (C=O) groups excluding carboxylic acids is 3. The van der Waals surface area contributed by atoms with Gasteiger partial charge in [-0.3, -0.25) is 24.6 Å². The van der Waals surface area contributed by atoms with Crippen LogP contribution in [-0.2, 0) is 14.3 Å². The molecule has 1 aliphatic rings. The molecule has 0 fully saturated rings. The van der Waals surface area contributed by atoms with E-state index in [0.717, 1.165) is 30.2 Å². The molecule has 1 heterocycles. The summed E-state index contributed by atoms with van der Waals surface area (Å²) in [6.45, 7) is -0.582. The average Bonchev–Trinajstić information content (AvgIpc) is 2.82. The standard InChI is InChI=1S/C14H13N3O7/c1-24-14(21)9-3-2-8(17(22)23)6-10(9)15-11-7-12(19)16(4-5-18)13(11)20/h2-3,6-7,15,18H,4-5H2,1H3. The number of hydrogen-bond donors (Lipinski definition) is 2. The van der Waals surface area contributed by atoms with Gasteiger partial charge in [-0.15, -0.1) is 0 Å². The molecule has 24 heavy (non-hydrogen) atoms. The molecule has 1 aromatic carbocycles. The third kappa shape index (κ3) is 3.22. The largest absolute Gasteiger partial charge is 0.465 e. The van der Waals surface area contributed by atoms with Crippen molar-refractivity contribution in [1.29, 1.82) is 0 Å². The number of methoxy groups -OCH3 is 1. The Morgan fingerprint density at radius 3 is 2.71 bits per heavy atom. The minimum absolute atomic E-state index is 0.0372. The Hall–Kier alpha value is -3.27. The minimum Gasteiger partial charge on any atom is -0.465 e. The molecule has 0 aliphatic carbocycles. The lowest BCUT2D eigenvalue weighted by Crippen LogP contribution is -2.34. The third-order valence-electron chi connectivity index (χ3n) is 3.22. The van der Waals surface area contributed by atoms with Gasteiger partial charge >= 0.3 is 5.97 Å². The van der Waals surface area contributed by atoms with Crippen LogP contribution in [0.2, 0.25) is 0 Å². The Morgan fingerprint density at radius 1 is 1.42 bits per heavy atom. The highest BCUT2D eigenvalue weighted by molar-refractivity contribution is 6.17. The second kappa shape index (κ2) is 6.87. The number of anilines is 1. The van der Waals surface area contributed by atoms with E-state index in [9.17, 15) is 24.5 Å². The van der Waals surface area contributed by atoms with Crippen LogP contribution in [0.15, 0.2) is 30.0 Å². The van der Waals surface area contributed by atoms with E-state index in [4.69, 9.17) is 5.11 Å². The van der Waals surface area contributed by atoms with E-state index >= 15 is 0 Å². The number of β-amino-alcohol motifs (C(OH)–C–C–N with tert-alkyl or cyclic N) is 1. The van der Waals surface area contributed by atoms with E-state index in [1.165, 1.54) is 6.07 Å². The normalized spacial score (nSPS) is 13.8. The first-order chi connectivity index (χ1) is 11.4. The van der Waals surface area contributed by atoms with E-state index in [-0.39, 0.29) is 29.2 Å². The molecule has 1 aliphatic heterocycles. The number of amides is 2. The monoisotopic (exact) mass is 335 g/mol. The van der Waals surface area contributed by atoms with Crippen LogP contribution in [0.3, 0.4) is 0 Å². The van der Waals surface area contributed by atoms with Crippen LogP contribution >= 0.6 is 0 Å². The molecule has 0 spiro atoms. The number of aliphatic hydroxyl groups is 1. The Labute approximate surface area is 135 Å². The number of benzene rings is 1. The minimum atomic E-state index is -0.767. The van der Waals surface area contributed by atoms with Gasteiger partial charge in [-0.05, 0) is 6.07 Å². The summed E-state index contributed by atoms with van der Waals surface area (Å²) in [4.78, 5) is 46.6. The summed E-state index contributed by atoms with van der Waals surface area (Å²) in [5, 5.41) is 22.3. The first-order valence-corrected chi connectivity index (χ1v) is 6.71. The highest BCUT2D eigenvalue weighted by Crippen LogP contribution is 2.26. The molecule has 2 rings (SSSR count). The molecule has 0 saturated heterocycles. The molecule has 0 unspecified atom stereocenters. The average molecular weight is 335 g/mol. The number of rotatable bonds is 6. The number of imide groups is 1. The number of nitro benzene ring substituents is 1. The lowest BCUT2D eigenvalue weighted by Gasteiger charge is -2.14. The number of nitrogens with zero attached hydrogens (tertiary/aromatic N) is 2. The predicted molar refractivity (Wildman–Crippen MR) is 79.9 cm³/mol. The van der Waals surface area contributed by atoms with Gasteiger partial charge in [0.15, 0.2) is 0 Å². The number of nitrogens with one attached hydrogen (secondary N) is 1. The summed E-state index contributed by atoms with van der Waals surface area (Å²) >= 11 is 0. The Bertz CT molecular complexity index is 757. The van der Waals surface area contributed by atoms with E-state index in [0.29, 0.717) is 0 Å². The van der Waals surface area contributed by atoms with Crippen molar-refractivity contribution in [2.75, 3.05) is 25.6 Å². The number of ether oxygens (including phenoxy) is 1. The smallest absolute Gasteiger partial charge is 0.339 e. The number of non-ortho nitro benzene ring substituents is 1. The van der Waals surface area contributed by atoms with Gasteiger partial charge in [0.2, 0.25) is 0 Å². The van der Waals surface area contributed by atoms with Crippen molar-refractivity contribution in [3.05, 3.63) is 45.6 Å². The molecule has 1 aromatic rings. The van der Waals surface area contributed by atoms with Gasteiger partial charge in [-0.1, -0.05) is 0 Å². The number of nitro groups is 1. The van der Waals surface area contributed by atoms with Crippen molar-refractivity contribution in [3.63, 3.8) is 0 Å². The van der Waals surface area contributed by atoms with Gasteiger partial charge in [0.25, 0.3) is 17.5 Å². The van der Waals surface area contributed by atoms with Crippen molar-refractivity contribution in [2.45, 2.75) is 0 Å². The molecule has 2 N–H and O–H groups in total. The first kappa shape index (κ1) is 17.1. The second-order valence-corrected chi connectivity index (χ2v) is 4.68. The van der Waals surface area contributed by atoms with Crippen molar-refractivity contribution < 1.29 is 29.2 Å². The number of carbonyl (C=O) groups is 3. The zero-order chi connectivity index (χ0) is 17.9. The lowest BCUT2D eigenvalue weighted by molar-refractivity contribution is -0.384. The van der Waals surface area contributed by atoms with Crippen LogP contribution in [0, 0.1) is 10.1 Å². The molecule has 10 nitrogen and oxygen atoms in total. The Balaban J connectivity index is 2.37. The highest BCUT2D eigenvalue weighted by atomic mass is 16.6. The quantitative estimate of drug-likeness (QED) is 0.321. The Morgan fingerprint density at radius 2 is 2.12 bits per heavy atom. The zero-order valence-electron chi connectivity index (χ0n) is 12.5. The summed E-state index contributed by atoms with van der Waals surface area (Å²) in [5.41, 5.74) is -0.562. The second-order valence-electron chi connectivity index (χ2n) is 4.68. The van der Waals surface area contributed by atoms with Gasteiger partial charge in [0.1, 0.15) is 5.70 Å². The number of esters is 1. The molecule has 2 amide bonds. The van der Waals surface area contributed by atoms with E-state index in [1.54, 1.807) is 0 Å². The first-order valence-electron chi connectivity index (χ1n) is 6.71. The summed E-state index contributed by atoms with van der Waals surface area (Å²) in [6.07, 6.45) is 0.984. The highest BCUT2D eigenvalue weighted by Gasteiger charge is 2.31. The number of aliphatic hydroxyl groups excluding tert-OH is 1. The van der Waals surface area contributed by atoms with Crippen LogP contribution < -0.4 is 5.32 Å². The summed E-state index contributed by atoms with van der Waals surface area (Å²) in [6, 6.07) is 3.35. The van der Waals surface area contributed by atoms with E-state index in [1.807, 2.05) is 0 Å². The summed E-state index contributed by atoms with van der Waals surface area (Å²) in [5.74, 6) is -2.12. The molecule has 0 atom stereocenters. The molecule has 0 bridgehead atoms. The van der Waals surface area contributed by atoms with Crippen molar-refractivity contribution in [1.82, 2.24) is 4.90 Å². The lowest BCUT2D eigenvalue weighted by atomic mass is 10.1. The fourth-order valence-corrected chi connectivity index (χ4v) is 2.09. The fourth-order valence-electron chi connectivity index (χ4n) is 2.09. The van der Waals surface area contributed by atoms with Gasteiger partial charge in [-0.25, -0.2) is 4.79 Å². The van der Waals surface area contributed by atoms with Crippen molar-refractivity contribution in [3.8, 4) is 0 Å². The molecule has 10 heteroatoms. The van der Waals surface area contributed by atoms with Crippen LogP contribution in [0.1, 0.15) is 10.4 Å². The van der Waals surface area contributed by atoms with Crippen LogP contribution in [-0.4, -0.2) is 53.0 Å². The maximum atomic E-state index is 12.1. The molecular weight excluding hydrogens is 322 g/mol. The maximum absolute atomic E-state index is 12.1. The zero-order valence-corrected chi connectivity index (χ0v) is 12.5. The molecule has 0 aromatic heterocycles. The number of hydrogen-bond acceptors (Lipinski definition) is 8. The van der Waals surface area contributed by atoms with Crippen LogP contribution in [0.5, 0.6) is 0 Å². The van der Waals surface area contributed by atoms with E-state index < -0.39 is 29.3 Å². The molecule has 126 valence electrons. The molecular formula is C14H13N3O7. The SMILES string of the molecule is COC(=O)c1ccc([N+](=O)[O-])cc1NC1=CC(=O)N(CCO)C1=O. The topological polar surface area (TPSA) is 139 Å². The van der Waals surface area contributed by atoms with Gasteiger partial charge < -0.3 is 15.2 Å². The van der Waals surface area contributed by atoms with Gasteiger partial charge in [-0.2, -0.15) is 0 Å². The van der Waals surface area contributed by atoms with Crippen molar-refractivity contribution >= 4 is 29.2 Å². The van der Waals surface area contributed by atoms with E-state index in [2.05, 4.69) is 10.1 Å².